The molecule has 0 bridgehead atoms. The molecule has 11 heteroatoms. The third kappa shape index (κ3) is 8.16. The van der Waals surface area contributed by atoms with Crippen LogP contribution in [-0.4, -0.2) is 65.0 Å². The molecule has 33 heavy (non-hydrogen) atoms. The van der Waals surface area contributed by atoms with Crippen LogP contribution in [0.25, 0.3) is 0 Å². The number of likely N-dealkylation sites (N-methyl/N-ethyl adjacent to an activating group) is 1. The molecule has 2 aromatic rings. The van der Waals surface area contributed by atoms with Crippen molar-refractivity contribution in [3.05, 3.63) is 57.5 Å². The van der Waals surface area contributed by atoms with E-state index in [1.807, 2.05) is 20.9 Å². The number of carbonyl (C=O) groups is 1. The van der Waals surface area contributed by atoms with Gasteiger partial charge in [-0.3, -0.25) is 14.2 Å². The van der Waals surface area contributed by atoms with E-state index in [0.717, 1.165) is 12.7 Å². The van der Waals surface area contributed by atoms with Crippen molar-refractivity contribution in [3.63, 3.8) is 0 Å². The van der Waals surface area contributed by atoms with Gasteiger partial charge in [-0.15, -0.1) is 0 Å². The number of aromatic hydroxyl groups is 1. The van der Waals surface area contributed by atoms with Gasteiger partial charge in [0.05, 0.1) is 13.2 Å². The van der Waals surface area contributed by atoms with E-state index in [0.29, 0.717) is 37.6 Å². The zero-order valence-corrected chi connectivity index (χ0v) is 20.4. The van der Waals surface area contributed by atoms with Crippen LogP contribution >= 0.6 is 8.38 Å². The lowest BCUT2D eigenvalue weighted by atomic mass is 10.2. The Kier molecular flexibility index (Phi) is 10.9. The predicted octanol–water partition coefficient (Wildman–Crippen LogP) is 2.41. The third-order valence-electron chi connectivity index (χ3n) is 4.87. The average molecular weight is 482 g/mol. The summed E-state index contributed by atoms with van der Waals surface area (Å²) in [6.45, 7) is 6.49. The lowest BCUT2D eigenvalue weighted by molar-refractivity contribution is 0.0941. The Morgan fingerprint density at radius 2 is 1.85 bits per heavy atom. The van der Waals surface area contributed by atoms with Crippen LogP contribution in [0.3, 0.4) is 0 Å². The van der Waals surface area contributed by atoms with Crippen LogP contribution in [0.4, 0.5) is 4.39 Å². The number of amides is 1. The largest absolute Gasteiger partial charge is 0.501 e. The van der Waals surface area contributed by atoms with E-state index in [1.165, 1.54) is 35.9 Å². The van der Waals surface area contributed by atoms with E-state index in [4.69, 9.17) is 9.05 Å². The second-order valence-corrected chi connectivity index (χ2v) is 8.97. The maximum Gasteiger partial charge on any atom is 0.296 e. The second-order valence-electron chi connectivity index (χ2n) is 7.34. The van der Waals surface area contributed by atoms with Crippen LogP contribution in [0.15, 0.2) is 29.1 Å². The predicted molar refractivity (Wildman–Crippen MR) is 125 cm³/mol. The molecule has 0 aliphatic carbocycles. The van der Waals surface area contributed by atoms with Gasteiger partial charge in [0, 0.05) is 39.3 Å². The number of carbonyl (C=O) groups excluding carboxylic acids is 1. The molecular weight excluding hydrogens is 450 g/mol. The van der Waals surface area contributed by atoms with Gasteiger partial charge < -0.3 is 24.4 Å². The van der Waals surface area contributed by atoms with Crippen LogP contribution in [0.2, 0.25) is 0 Å². The average Bonchev–Trinajstić information content (AvgIpc) is 2.80. The van der Waals surface area contributed by atoms with Gasteiger partial charge in [0.1, 0.15) is 11.6 Å². The third-order valence-corrected chi connectivity index (χ3v) is 6.53. The molecule has 2 rings (SSSR count). The first-order valence-corrected chi connectivity index (χ1v) is 12.2. The molecule has 0 atom stereocenters. The fraction of sp³-hybridized carbons (Fsp3) is 0.500. The van der Waals surface area contributed by atoms with E-state index < -0.39 is 25.6 Å². The first kappa shape index (κ1) is 26.9. The van der Waals surface area contributed by atoms with Crippen LogP contribution < -0.4 is 10.9 Å². The normalized spacial score (nSPS) is 11.4. The molecule has 1 aromatic carbocycles. The monoisotopic (exact) mass is 482 g/mol. The van der Waals surface area contributed by atoms with Gasteiger partial charge in [-0.1, -0.05) is 12.1 Å². The van der Waals surface area contributed by atoms with E-state index >= 15 is 0 Å². The minimum Gasteiger partial charge on any atom is -0.501 e. The van der Waals surface area contributed by atoms with Crippen molar-refractivity contribution in [1.82, 2.24) is 19.8 Å². The summed E-state index contributed by atoms with van der Waals surface area (Å²) in [5.41, 5.74) is -0.339. The number of hydrogen-bond donors (Lipinski definition) is 2. The zero-order valence-electron chi connectivity index (χ0n) is 19.5. The molecule has 1 amide bonds. The maximum atomic E-state index is 13.0. The molecule has 0 saturated carbocycles. The highest BCUT2D eigenvalue weighted by atomic mass is 31.2. The number of aromatic nitrogens is 2. The van der Waals surface area contributed by atoms with Crippen LogP contribution in [-0.2, 0) is 29.1 Å². The van der Waals surface area contributed by atoms with Gasteiger partial charge in [0.25, 0.3) is 11.5 Å². The molecule has 0 radical (unpaired) electrons. The number of hydrogen-bond acceptors (Lipinski definition) is 7. The minimum absolute atomic E-state index is 0.107. The number of nitrogens with zero attached hydrogens (tertiary/aromatic N) is 3. The standard InChI is InChI=1S/C22H32FN4O5P/c1-5-31-33(32-6-2)14-13-26(3)12-11-18-25-19(20(28)22(30)27(18)4)21(29)24-15-16-7-9-17(23)10-8-16/h7-10,28H,5-6,11-15H2,1-4H3,(H,24,29). The first-order valence-electron chi connectivity index (χ1n) is 10.8. The number of nitrogens with one attached hydrogen (secondary N) is 1. The molecule has 0 aliphatic rings. The fourth-order valence-corrected chi connectivity index (χ4v) is 4.41. The number of benzene rings is 1. The van der Waals surface area contributed by atoms with Gasteiger partial charge >= 0.3 is 0 Å². The van der Waals surface area contributed by atoms with Gasteiger partial charge in [-0.05, 0) is 38.6 Å². The molecule has 0 saturated heterocycles. The van der Waals surface area contributed by atoms with Crippen molar-refractivity contribution in [3.8, 4) is 5.75 Å². The van der Waals surface area contributed by atoms with Crippen molar-refractivity contribution in [2.45, 2.75) is 26.8 Å². The second kappa shape index (κ2) is 13.3. The first-order chi connectivity index (χ1) is 15.8. The van der Waals surface area contributed by atoms with E-state index in [1.54, 1.807) is 0 Å². The van der Waals surface area contributed by atoms with Crippen molar-refractivity contribution >= 4 is 14.3 Å². The summed E-state index contributed by atoms with van der Waals surface area (Å²) in [6.07, 6.45) is 1.16. The molecule has 1 aromatic heterocycles. The summed E-state index contributed by atoms with van der Waals surface area (Å²) >= 11 is 0. The Hall–Kier alpha value is -2.39. The lowest BCUT2D eigenvalue weighted by Crippen LogP contribution is -2.32. The molecule has 9 nitrogen and oxygen atoms in total. The quantitative estimate of drug-likeness (QED) is 0.423. The summed E-state index contributed by atoms with van der Waals surface area (Å²) in [4.78, 5) is 31.3. The van der Waals surface area contributed by atoms with Gasteiger partial charge in [0.15, 0.2) is 14.1 Å². The van der Waals surface area contributed by atoms with Gasteiger partial charge in [0.2, 0.25) is 5.75 Å². The van der Waals surface area contributed by atoms with Crippen LogP contribution in [0, 0.1) is 5.82 Å². The Morgan fingerprint density at radius 1 is 1.21 bits per heavy atom. The van der Waals surface area contributed by atoms with E-state index in [9.17, 15) is 19.1 Å². The van der Waals surface area contributed by atoms with Crippen LogP contribution in [0.5, 0.6) is 5.75 Å². The maximum absolute atomic E-state index is 13.0. The summed E-state index contributed by atoms with van der Waals surface area (Å²) in [6, 6.07) is 5.65. The molecular formula is C22H32FN4O5P. The Morgan fingerprint density at radius 3 is 2.45 bits per heavy atom. The summed E-state index contributed by atoms with van der Waals surface area (Å²) in [5.74, 6) is -1.38. The van der Waals surface area contributed by atoms with Crippen molar-refractivity contribution in [2.24, 2.45) is 7.05 Å². The molecule has 0 unspecified atom stereocenters. The van der Waals surface area contributed by atoms with Crippen LogP contribution in [0.1, 0.15) is 35.7 Å². The summed E-state index contributed by atoms with van der Waals surface area (Å²) < 4.78 is 25.5. The molecule has 1 heterocycles. The molecule has 0 aliphatic heterocycles. The molecule has 182 valence electrons. The highest BCUT2D eigenvalue weighted by molar-refractivity contribution is 7.47. The smallest absolute Gasteiger partial charge is 0.296 e. The lowest BCUT2D eigenvalue weighted by Gasteiger charge is -2.21. The molecule has 2 N–H and O–H groups in total. The van der Waals surface area contributed by atoms with E-state index in [2.05, 4.69) is 15.2 Å². The fourth-order valence-electron chi connectivity index (χ4n) is 2.99. The van der Waals surface area contributed by atoms with Gasteiger partial charge in [-0.25, -0.2) is 9.37 Å². The Labute approximate surface area is 194 Å². The molecule has 0 spiro atoms. The van der Waals surface area contributed by atoms with Crippen molar-refractivity contribution in [1.29, 1.82) is 0 Å². The SMILES string of the molecule is CCOP(CCN(C)CCc1nc(C(=O)NCc2ccc(F)cc2)c(O)c(=O)n1C)OCC. The Balaban J connectivity index is 2.02. The molecule has 0 fully saturated rings. The topological polar surface area (TPSA) is 106 Å². The number of halogens is 1. The van der Waals surface area contributed by atoms with Crippen molar-refractivity contribution < 1.29 is 23.3 Å². The van der Waals surface area contributed by atoms with Crippen molar-refractivity contribution in [2.75, 3.05) is 39.5 Å². The summed E-state index contributed by atoms with van der Waals surface area (Å²) in [7, 11) is 2.52. The van der Waals surface area contributed by atoms with Gasteiger partial charge in [-0.2, -0.15) is 0 Å². The Bertz CT molecular complexity index is 964. The highest BCUT2D eigenvalue weighted by Crippen LogP contribution is 2.37. The highest BCUT2D eigenvalue weighted by Gasteiger charge is 2.20. The van der Waals surface area contributed by atoms with E-state index in [-0.39, 0.29) is 18.1 Å². The summed E-state index contributed by atoms with van der Waals surface area (Å²) in [5, 5.41) is 12.8. The minimum atomic E-state index is -0.933. The zero-order chi connectivity index (χ0) is 24.4. The number of rotatable bonds is 13.